The van der Waals surface area contributed by atoms with E-state index in [2.05, 4.69) is 4.98 Å². The highest BCUT2D eigenvalue weighted by Gasteiger charge is 2.52. The van der Waals surface area contributed by atoms with E-state index < -0.39 is 47.0 Å². The molecule has 3 N–H and O–H groups in total. The number of likely N-dealkylation sites (tertiary alicyclic amines) is 1. The van der Waals surface area contributed by atoms with Crippen LogP contribution in [0.3, 0.4) is 0 Å². The minimum Gasteiger partial charge on any atom is -0.330 e. The van der Waals surface area contributed by atoms with Crippen LogP contribution in [0, 0.1) is 11.8 Å². The minimum absolute atomic E-state index is 0.0164. The molecular weight excluding hydrogens is 392 g/mol. The number of hydrogen-bond acceptors (Lipinski definition) is 4. The van der Waals surface area contributed by atoms with E-state index in [9.17, 15) is 22.8 Å². The molecule has 0 amide bonds. The Balaban J connectivity index is 1.81. The summed E-state index contributed by atoms with van der Waals surface area (Å²) in [6.07, 6.45) is -2.87. The van der Waals surface area contributed by atoms with Gasteiger partial charge in [0, 0.05) is 30.7 Å². The van der Waals surface area contributed by atoms with Crippen LogP contribution in [0.25, 0.3) is 5.57 Å². The Morgan fingerprint density at radius 3 is 2.38 bits per heavy atom. The molecule has 10 heteroatoms. The van der Waals surface area contributed by atoms with Crippen molar-refractivity contribution in [3.8, 4) is 0 Å². The predicted octanol–water partition coefficient (Wildman–Crippen LogP) is 2.13. The molecule has 1 saturated heterocycles. The monoisotopic (exact) mass is 416 g/mol. The molecule has 1 saturated carbocycles. The molecule has 1 aliphatic heterocycles. The number of hydrogen-bond donors (Lipinski definition) is 2. The highest BCUT2D eigenvalue weighted by Crippen LogP contribution is 2.46. The molecule has 2 aliphatic carbocycles. The molecule has 160 valence electrons. The van der Waals surface area contributed by atoms with Crippen LogP contribution in [0.1, 0.15) is 49.9 Å². The maximum Gasteiger partial charge on any atom is 0.393 e. The number of nitrogens with one attached hydrogen (secondary N) is 1. The molecule has 6 nitrogen and oxygen atoms in total. The maximum absolute atomic E-state index is 15.4. The largest absolute Gasteiger partial charge is 0.393 e. The lowest BCUT2D eigenvalue weighted by atomic mass is 9.83. The zero-order valence-corrected chi connectivity index (χ0v) is 16.2. The number of alkyl halides is 3. The quantitative estimate of drug-likeness (QED) is 0.740. The van der Waals surface area contributed by atoms with Crippen molar-refractivity contribution in [3.63, 3.8) is 0 Å². The van der Waals surface area contributed by atoms with E-state index in [1.807, 2.05) is 0 Å². The van der Waals surface area contributed by atoms with Gasteiger partial charge in [-0.05, 0) is 37.8 Å². The summed E-state index contributed by atoms with van der Waals surface area (Å²) in [4.78, 5) is 28.6. The van der Waals surface area contributed by atoms with Gasteiger partial charge in [-0.2, -0.15) is 13.2 Å². The van der Waals surface area contributed by atoms with Crippen molar-refractivity contribution in [1.29, 1.82) is 0 Å². The number of aromatic amines is 1. The highest BCUT2D eigenvalue weighted by atomic mass is 19.4. The second-order valence-electron chi connectivity index (χ2n) is 8.42. The molecule has 3 aliphatic rings. The normalized spacial score (nSPS) is 30.7. The van der Waals surface area contributed by atoms with Gasteiger partial charge < -0.3 is 5.73 Å². The topological polar surface area (TPSA) is 84.1 Å². The van der Waals surface area contributed by atoms with Gasteiger partial charge in [0.1, 0.15) is 5.83 Å². The summed E-state index contributed by atoms with van der Waals surface area (Å²) >= 11 is 0. The zero-order valence-electron chi connectivity index (χ0n) is 16.2. The van der Waals surface area contributed by atoms with Gasteiger partial charge in [0.05, 0.1) is 17.5 Å². The standard InChI is InChI=1S/C19H24F4N4O2/c1-8-13-15(27(11-3-4-11)18(29)25-17(13)28)9(2)16(14(8)20)26-6-10(5-24)12(7-26)19(21,22)23/h9-12,16H,3-7,24H2,1-2H3,(H,25,28,29). The second kappa shape index (κ2) is 6.80. The van der Waals surface area contributed by atoms with Crippen molar-refractivity contribution >= 4 is 5.57 Å². The van der Waals surface area contributed by atoms with Gasteiger partial charge in [0.2, 0.25) is 0 Å². The minimum atomic E-state index is -4.42. The van der Waals surface area contributed by atoms with Gasteiger partial charge in [-0.1, -0.05) is 6.92 Å². The SMILES string of the molecule is CC1=C(F)C(N2CC(CN)C(C(F)(F)F)C2)C(C)c2c1c(=O)[nH]c(=O)n2C1CC1. The summed E-state index contributed by atoms with van der Waals surface area (Å²) in [5.41, 5.74) is 4.99. The smallest absolute Gasteiger partial charge is 0.330 e. The molecule has 1 aromatic rings. The summed E-state index contributed by atoms with van der Waals surface area (Å²) in [5.74, 6) is -3.70. The van der Waals surface area contributed by atoms with Crippen LogP contribution < -0.4 is 17.0 Å². The number of rotatable bonds is 3. The summed E-state index contributed by atoms with van der Waals surface area (Å²) in [6, 6.07) is -1.03. The molecule has 4 unspecified atom stereocenters. The van der Waals surface area contributed by atoms with Crippen LogP contribution in [-0.2, 0) is 0 Å². The Morgan fingerprint density at radius 2 is 1.86 bits per heavy atom. The molecule has 2 heterocycles. The van der Waals surface area contributed by atoms with E-state index in [-0.39, 0.29) is 36.8 Å². The number of nitrogens with zero attached hydrogens (tertiary/aromatic N) is 2. The number of fused-ring (bicyclic) bond motifs is 1. The van der Waals surface area contributed by atoms with Crippen molar-refractivity contribution in [2.24, 2.45) is 17.6 Å². The Bertz CT molecular complexity index is 976. The molecule has 0 radical (unpaired) electrons. The molecular formula is C19H24F4N4O2. The molecule has 1 aromatic heterocycles. The summed E-state index contributed by atoms with van der Waals surface area (Å²) < 4.78 is 57.3. The van der Waals surface area contributed by atoms with E-state index >= 15 is 4.39 Å². The Kier molecular flexibility index (Phi) is 4.77. The molecule has 4 atom stereocenters. The first kappa shape index (κ1) is 20.3. The lowest BCUT2D eigenvalue weighted by molar-refractivity contribution is -0.179. The fourth-order valence-electron chi connectivity index (χ4n) is 5.00. The number of nitrogens with two attached hydrogens (primary N) is 1. The fourth-order valence-corrected chi connectivity index (χ4v) is 5.00. The van der Waals surface area contributed by atoms with Gasteiger partial charge in [-0.3, -0.25) is 19.2 Å². The Labute approximate surface area is 164 Å². The maximum atomic E-state index is 15.4. The molecule has 4 rings (SSSR count). The van der Waals surface area contributed by atoms with Crippen molar-refractivity contribution in [3.05, 3.63) is 37.9 Å². The van der Waals surface area contributed by atoms with Crippen molar-refractivity contribution in [1.82, 2.24) is 14.5 Å². The number of H-pyrrole nitrogens is 1. The summed E-state index contributed by atoms with van der Waals surface area (Å²) in [6.45, 7) is 2.64. The fraction of sp³-hybridized carbons (Fsp3) is 0.684. The third-order valence-corrected chi connectivity index (χ3v) is 6.58. The first-order chi connectivity index (χ1) is 13.6. The van der Waals surface area contributed by atoms with E-state index in [1.54, 1.807) is 6.92 Å². The van der Waals surface area contributed by atoms with E-state index in [0.717, 1.165) is 12.8 Å². The molecule has 0 aromatic carbocycles. The average Bonchev–Trinajstić information content (AvgIpc) is 3.36. The van der Waals surface area contributed by atoms with Crippen LogP contribution >= 0.6 is 0 Å². The first-order valence-corrected chi connectivity index (χ1v) is 9.82. The van der Waals surface area contributed by atoms with Gasteiger partial charge >= 0.3 is 11.9 Å². The van der Waals surface area contributed by atoms with E-state index in [4.69, 9.17) is 5.73 Å². The van der Waals surface area contributed by atoms with Gasteiger partial charge in [-0.15, -0.1) is 0 Å². The van der Waals surface area contributed by atoms with Crippen LogP contribution in [0.5, 0.6) is 0 Å². The lowest BCUT2D eigenvalue weighted by Crippen LogP contribution is -2.46. The second-order valence-corrected chi connectivity index (χ2v) is 8.42. The molecule has 29 heavy (non-hydrogen) atoms. The number of halogens is 4. The van der Waals surface area contributed by atoms with Crippen molar-refractivity contribution in [2.75, 3.05) is 19.6 Å². The van der Waals surface area contributed by atoms with Gasteiger partial charge in [-0.25, -0.2) is 9.18 Å². The highest BCUT2D eigenvalue weighted by molar-refractivity contribution is 5.71. The summed E-state index contributed by atoms with van der Waals surface area (Å²) in [5, 5.41) is 0. The van der Waals surface area contributed by atoms with Crippen LogP contribution in [0.4, 0.5) is 17.6 Å². The van der Waals surface area contributed by atoms with Crippen LogP contribution in [-0.4, -0.2) is 46.3 Å². The third kappa shape index (κ3) is 3.16. The van der Waals surface area contributed by atoms with Crippen molar-refractivity contribution < 1.29 is 17.6 Å². The molecule has 0 bridgehead atoms. The van der Waals surface area contributed by atoms with Gasteiger partial charge in [0.25, 0.3) is 5.56 Å². The van der Waals surface area contributed by atoms with Crippen molar-refractivity contribution in [2.45, 2.75) is 50.9 Å². The third-order valence-electron chi connectivity index (χ3n) is 6.58. The first-order valence-electron chi connectivity index (χ1n) is 9.82. The molecule has 2 fully saturated rings. The van der Waals surface area contributed by atoms with E-state index in [0.29, 0.717) is 5.69 Å². The van der Waals surface area contributed by atoms with E-state index in [1.165, 1.54) is 16.4 Å². The molecule has 0 spiro atoms. The van der Waals surface area contributed by atoms with Crippen LogP contribution in [0.15, 0.2) is 15.4 Å². The number of aromatic nitrogens is 2. The summed E-state index contributed by atoms with van der Waals surface area (Å²) in [7, 11) is 0. The lowest BCUT2D eigenvalue weighted by Gasteiger charge is -2.38. The van der Waals surface area contributed by atoms with Crippen LogP contribution in [0.2, 0.25) is 0 Å². The predicted molar refractivity (Wildman–Crippen MR) is 99.2 cm³/mol. The Hall–Kier alpha value is -1.94. The van der Waals surface area contributed by atoms with Gasteiger partial charge in [0.15, 0.2) is 0 Å². The number of allylic oxidation sites excluding steroid dienone is 1. The Morgan fingerprint density at radius 1 is 1.21 bits per heavy atom. The average molecular weight is 416 g/mol. The zero-order chi connectivity index (χ0) is 21.2.